The fourth-order valence-electron chi connectivity index (χ4n) is 3.66. The zero-order chi connectivity index (χ0) is 22.3. The van der Waals surface area contributed by atoms with E-state index in [0.717, 1.165) is 40.6 Å². The van der Waals surface area contributed by atoms with E-state index in [1.54, 1.807) is 23.9 Å². The summed E-state index contributed by atoms with van der Waals surface area (Å²) in [5.74, 6) is 2.00. The van der Waals surface area contributed by atoms with Crippen molar-refractivity contribution in [2.24, 2.45) is 5.92 Å². The number of hydrogen-bond acceptors (Lipinski definition) is 6. The van der Waals surface area contributed by atoms with Gasteiger partial charge in [-0.2, -0.15) is 4.98 Å². The number of piperidine rings is 1. The van der Waals surface area contributed by atoms with Gasteiger partial charge in [0.25, 0.3) is 0 Å². The molecule has 1 unspecified atom stereocenters. The van der Waals surface area contributed by atoms with E-state index in [1.807, 2.05) is 36.4 Å². The van der Waals surface area contributed by atoms with Gasteiger partial charge in [-0.15, -0.1) is 11.8 Å². The second-order valence-electron chi connectivity index (χ2n) is 7.69. The number of aromatic nitrogens is 2. The molecule has 0 spiro atoms. The van der Waals surface area contributed by atoms with Crippen LogP contribution in [0, 0.1) is 5.92 Å². The van der Waals surface area contributed by atoms with Crippen LogP contribution in [0.3, 0.4) is 0 Å². The fourth-order valence-corrected chi connectivity index (χ4v) is 4.68. The van der Waals surface area contributed by atoms with Crippen molar-refractivity contribution in [1.29, 1.82) is 0 Å². The molecule has 4 rings (SSSR count). The molecule has 1 aliphatic heterocycles. The number of rotatable bonds is 8. The van der Waals surface area contributed by atoms with Crippen LogP contribution in [0.4, 0.5) is 0 Å². The van der Waals surface area contributed by atoms with Gasteiger partial charge in [0, 0.05) is 39.3 Å². The van der Waals surface area contributed by atoms with Crippen molar-refractivity contribution in [3.8, 4) is 11.4 Å². The van der Waals surface area contributed by atoms with Gasteiger partial charge in [0.05, 0.1) is 12.5 Å². The Bertz CT molecular complexity index is 1030. The Morgan fingerprint density at radius 2 is 1.84 bits per heavy atom. The Labute approximate surface area is 201 Å². The van der Waals surface area contributed by atoms with E-state index in [-0.39, 0.29) is 11.8 Å². The van der Waals surface area contributed by atoms with Gasteiger partial charge >= 0.3 is 0 Å². The highest BCUT2D eigenvalue weighted by atomic mass is 35.5. The first-order chi connectivity index (χ1) is 15.6. The molecule has 0 aliphatic carbocycles. The molecule has 2 heterocycles. The molecule has 2 aromatic carbocycles. The Hall–Kier alpha value is -2.06. The van der Waals surface area contributed by atoms with E-state index in [4.69, 9.17) is 27.7 Å². The number of halogens is 2. The lowest BCUT2D eigenvalue weighted by Crippen LogP contribution is -2.43. The zero-order valence-corrected chi connectivity index (χ0v) is 19.8. The molecule has 32 heavy (non-hydrogen) atoms. The summed E-state index contributed by atoms with van der Waals surface area (Å²) in [6.07, 6.45) is 1.86. The van der Waals surface area contributed by atoms with Gasteiger partial charge in [-0.1, -0.05) is 28.4 Å². The molecule has 1 aliphatic rings. The van der Waals surface area contributed by atoms with Gasteiger partial charge in [0.15, 0.2) is 0 Å². The van der Waals surface area contributed by atoms with Crippen LogP contribution in [-0.2, 0) is 11.3 Å². The Morgan fingerprint density at radius 1 is 1.12 bits per heavy atom. The number of nitrogens with one attached hydrogen (secondary N) is 1. The second kappa shape index (κ2) is 11.2. The van der Waals surface area contributed by atoms with E-state index in [2.05, 4.69) is 20.4 Å². The highest BCUT2D eigenvalue weighted by molar-refractivity contribution is 7.99. The van der Waals surface area contributed by atoms with Gasteiger partial charge in [0.1, 0.15) is 0 Å². The van der Waals surface area contributed by atoms with Crippen LogP contribution in [0.15, 0.2) is 57.9 Å². The van der Waals surface area contributed by atoms with Crippen molar-refractivity contribution in [3.05, 3.63) is 64.5 Å². The van der Waals surface area contributed by atoms with Crippen molar-refractivity contribution < 1.29 is 9.32 Å². The number of carbonyl (C=O) groups is 1. The minimum Gasteiger partial charge on any atom is -0.355 e. The van der Waals surface area contributed by atoms with E-state index < -0.39 is 0 Å². The molecule has 1 aromatic heterocycles. The quantitative estimate of drug-likeness (QED) is 0.347. The number of hydrogen-bond donors (Lipinski definition) is 1. The van der Waals surface area contributed by atoms with Crippen molar-refractivity contribution in [1.82, 2.24) is 20.4 Å². The average molecular weight is 491 g/mol. The third kappa shape index (κ3) is 6.48. The standard InChI is InChI=1S/C23H24Cl2N4O2S/c24-18-5-3-16(4-6-18)22-27-21(31-28-22)15-29-12-1-2-17(14-29)23(30)26-11-13-32-20-9-7-19(25)8-10-20/h3-10,17H,1-2,11-15H2,(H,26,30). The van der Waals surface area contributed by atoms with Crippen molar-refractivity contribution in [3.63, 3.8) is 0 Å². The normalized spacial score (nSPS) is 16.8. The first-order valence-electron chi connectivity index (χ1n) is 10.5. The Kier molecular flexibility index (Phi) is 8.08. The molecule has 1 saturated heterocycles. The highest BCUT2D eigenvalue weighted by Gasteiger charge is 2.26. The molecule has 168 valence electrons. The predicted molar refractivity (Wildman–Crippen MR) is 128 cm³/mol. The molecule has 6 nitrogen and oxygen atoms in total. The maximum atomic E-state index is 12.6. The van der Waals surface area contributed by atoms with Crippen LogP contribution >= 0.6 is 35.0 Å². The van der Waals surface area contributed by atoms with E-state index >= 15 is 0 Å². The minimum absolute atomic E-state index is 0.0251. The molecule has 1 fully saturated rings. The number of nitrogens with zero attached hydrogens (tertiary/aromatic N) is 3. The summed E-state index contributed by atoms with van der Waals surface area (Å²) in [6, 6.07) is 15.1. The molecule has 1 N–H and O–H groups in total. The van der Waals surface area contributed by atoms with Gasteiger partial charge in [0.2, 0.25) is 17.6 Å². The van der Waals surface area contributed by atoms with Crippen molar-refractivity contribution >= 4 is 40.9 Å². The predicted octanol–water partition coefficient (Wildman–Crippen LogP) is 5.16. The molecule has 0 saturated carbocycles. The van der Waals surface area contributed by atoms with Gasteiger partial charge in [-0.3, -0.25) is 9.69 Å². The number of likely N-dealkylation sites (tertiary alicyclic amines) is 1. The van der Waals surface area contributed by atoms with Gasteiger partial charge in [-0.25, -0.2) is 0 Å². The number of benzene rings is 2. The molecule has 1 amide bonds. The lowest BCUT2D eigenvalue weighted by Gasteiger charge is -2.30. The van der Waals surface area contributed by atoms with Crippen LogP contribution in [0.1, 0.15) is 18.7 Å². The van der Waals surface area contributed by atoms with Crippen LogP contribution in [0.25, 0.3) is 11.4 Å². The third-order valence-electron chi connectivity index (χ3n) is 5.29. The number of carbonyl (C=O) groups excluding carboxylic acids is 1. The lowest BCUT2D eigenvalue weighted by atomic mass is 9.97. The van der Waals surface area contributed by atoms with Gasteiger partial charge < -0.3 is 9.84 Å². The maximum absolute atomic E-state index is 12.6. The van der Waals surface area contributed by atoms with Gasteiger partial charge in [-0.05, 0) is 67.9 Å². The zero-order valence-electron chi connectivity index (χ0n) is 17.5. The average Bonchev–Trinajstić information content (AvgIpc) is 3.27. The molecule has 0 bridgehead atoms. The summed E-state index contributed by atoms with van der Waals surface area (Å²) in [4.78, 5) is 20.5. The summed E-state index contributed by atoms with van der Waals surface area (Å²) in [7, 11) is 0. The van der Waals surface area contributed by atoms with Crippen LogP contribution < -0.4 is 5.32 Å². The summed E-state index contributed by atoms with van der Waals surface area (Å²) < 4.78 is 5.43. The van der Waals surface area contributed by atoms with Crippen molar-refractivity contribution in [2.75, 3.05) is 25.4 Å². The summed E-state index contributed by atoms with van der Waals surface area (Å²) in [6.45, 7) is 2.78. The number of amides is 1. The monoisotopic (exact) mass is 490 g/mol. The first-order valence-corrected chi connectivity index (χ1v) is 12.3. The molecular weight excluding hydrogens is 467 g/mol. The van der Waals surface area contributed by atoms with Crippen LogP contribution in [0.2, 0.25) is 10.0 Å². The fraction of sp³-hybridized carbons (Fsp3) is 0.348. The molecule has 9 heteroatoms. The lowest BCUT2D eigenvalue weighted by molar-refractivity contribution is -0.126. The van der Waals surface area contributed by atoms with Crippen LogP contribution in [0.5, 0.6) is 0 Å². The smallest absolute Gasteiger partial charge is 0.241 e. The minimum atomic E-state index is -0.0251. The van der Waals surface area contributed by atoms with Crippen LogP contribution in [-0.4, -0.2) is 46.3 Å². The largest absolute Gasteiger partial charge is 0.355 e. The topological polar surface area (TPSA) is 71.3 Å². The van der Waals surface area contributed by atoms with Crippen molar-refractivity contribution in [2.45, 2.75) is 24.3 Å². The summed E-state index contributed by atoms with van der Waals surface area (Å²) >= 11 is 13.5. The Balaban J connectivity index is 1.23. The highest BCUT2D eigenvalue weighted by Crippen LogP contribution is 2.22. The Morgan fingerprint density at radius 3 is 2.59 bits per heavy atom. The summed E-state index contributed by atoms with van der Waals surface area (Å²) in [5, 5.41) is 8.54. The molecular formula is C23H24Cl2N4O2S. The first kappa shape index (κ1) is 23.1. The third-order valence-corrected chi connectivity index (χ3v) is 6.81. The maximum Gasteiger partial charge on any atom is 0.241 e. The second-order valence-corrected chi connectivity index (χ2v) is 9.73. The molecule has 0 radical (unpaired) electrons. The molecule has 3 aromatic rings. The molecule has 1 atom stereocenters. The van der Waals surface area contributed by atoms with E-state index in [1.165, 1.54) is 0 Å². The SMILES string of the molecule is O=C(NCCSc1ccc(Cl)cc1)C1CCCN(Cc2nc(-c3ccc(Cl)cc3)no2)C1. The summed E-state index contributed by atoms with van der Waals surface area (Å²) in [5.41, 5.74) is 0.858. The van der Waals surface area contributed by atoms with E-state index in [0.29, 0.717) is 36.4 Å². The van der Waals surface area contributed by atoms with E-state index in [9.17, 15) is 4.79 Å². The number of thioether (sulfide) groups is 1.